The van der Waals surface area contributed by atoms with Gasteiger partial charge in [-0.2, -0.15) is 0 Å². The van der Waals surface area contributed by atoms with Crippen LogP contribution in [0.5, 0.6) is 0 Å². The van der Waals surface area contributed by atoms with Crippen molar-refractivity contribution >= 4 is 0 Å². The molecule has 1 saturated carbocycles. The van der Waals surface area contributed by atoms with Gasteiger partial charge in [-0.25, -0.2) is 0 Å². The lowest BCUT2D eigenvalue weighted by molar-refractivity contribution is 0.0317. The Labute approximate surface area is 94.6 Å². The van der Waals surface area contributed by atoms with Crippen LogP contribution in [0.3, 0.4) is 0 Å². The molecule has 1 fully saturated rings. The van der Waals surface area contributed by atoms with Gasteiger partial charge in [0.05, 0.1) is 6.10 Å². The molecule has 0 heterocycles. The van der Waals surface area contributed by atoms with Crippen molar-refractivity contribution in [3.8, 4) is 0 Å². The summed E-state index contributed by atoms with van der Waals surface area (Å²) in [5.41, 5.74) is 6.27. The van der Waals surface area contributed by atoms with Gasteiger partial charge in [-0.05, 0) is 38.5 Å². The highest BCUT2D eigenvalue weighted by molar-refractivity contribution is 4.83. The van der Waals surface area contributed by atoms with Crippen molar-refractivity contribution in [3.63, 3.8) is 0 Å². The Morgan fingerprint density at radius 2 is 2.07 bits per heavy atom. The molecule has 0 bridgehead atoms. The van der Waals surface area contributed by atoms with Crippen molar-refractivity contribution in [2.24, 2.45) is 17.6 Å². The third-order valence-electron chi connectivity index (χ3n) is 3.92. The van der Waals surface area contributed by atoms with Crippen molar-refractivity contribution in [1.82, 2.24) is 0 Å². The molecule has 0 saturated heterocycles. The van der Waals surface area contributed by atoms with Crippen molar-refractivity contribution in [1.29, 1.82) is 0 Å². The van der Waals surface area contributed by atoms with E-state index in [9.17, 15) is 0 Å². The van der Waals surface area contributed by atoms with Crippen LogP contribution in [-0.2, 0) is 4.74 Å². The average Bonchev–Trinajstić information content (AvgIpc) is 2.28. The quantitative estimate of drug-likeness (QED) is 0.762. The normalized spacial score (nSPS) is 31.2. The maximum absolute atomic E-state index is 6.27. The molecule has 1 aliphatic carbocycles. The van der Waals surface area contributed by atoms with Crippen LogP contribution in [0.2, 0.25) is 0 Å². The predicted octanol–water partition coefficient (Wildman–Crippen LogP) is 2.96. The standard InChI is InChI=1S/C13H27NO/c1-4-11-7-6-8-12(9-11)13(14)10(3)15-5-2/h10-13H,4-9,14H2,1-3H3. The van der Waals surface area contributed by atoms with E-state index in [2.05, 4.69) is 13.8 Å². The van der Waals surface area contributed by atoms with E-state index in [1.165, 1.54) is 32.1 Å². The highest BCUT2D eigenvalue weighted by Gasteiger charge is 2.28. The maximum Gasteiger partial charge on any atom is 0.0700 e. The SMILES string of the molecule is CCOC(C)C(N)C1CCCC(CC)C1. The smallest absolute Gasteiger partial charge is 0.0700 e. The summed E-state index contributed by atoms with van der Waals surface area (Å²) in [7, 11) is 0. The molecule has 0 aromatic heterocycles. The van der Waals surface area contributed by atoms with Crippen LogP contribution < -0.4 is 5.73 Å². The van der Waals surface area contributed by atoms with Crippen molar-refractivity contribution < 1.29 is 4.74 Å². The molecule has 2 N–H and O–H groups in total. The highest BCUT2D eigenvalue weighted by Crippen LogP contribution is 2.33. The van der Waals surface area contributed by atoms with E-state index in [1.54, 1.807) is 0 Å². The Kier molecular flexibility index (Phi) is 5.62. The minimum absolute atomic E-state index is 0.218. The first kappa shape index (κ1) is 13.0. The van der Waals surface area contributed by atoms with Crippen molar-refractivity contribution in [2.75, 3.05) is 6.61 Å². The Hall–Kier alpha value is -0.0800. The van der Waals surface area contributed by atoms with Gasteiger partial charge in [0.25, 0.3) is 0 Å². The molecule has 1 aliphatic rings. The number of hydrogen-bond acceptors (Lipinski definition) is 2. The highest BCUT2D eigenvalue weighted by atomic mass is 16.5. The molecular formula is C13H27NO. The topological polar surface area (TPSA) is 35.2 Å². The van der Waals surface area contributed by atoms with Gasteiger partial charge in [0.2, 0.25) is 0 Å². The van der Waals surface area contributed by atoms with Gasteiger partial charge in [0, 0.05) is 12.6 Å². The number of nitrogens with two attached hydrogens (primary N) is 1. The van der Waals surface area contributed by atoms with Gasteiger partial charge < -0.3 is 10.5 Å². The molecular weight excluding hydrogens is 186 g/mol. The molecule has 0 amide bonds. The summed E-state index contributed by atoms with van der Waals surface area (Å²) < 4.78 is 5.60. The van der Waals surface area contributed by atoms with Crippen LogP contribution in [0.25, 0.3) is 0 Å². The molecule has 0 aromatic rings. The van der Waals surface area contributed by atoms with E-state index < -0.39 is 0 Å². The van der Waals surface area contributed by atoms with Gasteiger partial charge >= 0.3 is 0 Å². The van der Waals surface area contributed by atoms with E-state index >= 15 is 0 Å². The van der Waals surface area contributed by atoms with Crippen LogP contribution in [-0.4, -0.2) is 18.8 Å². The van der Waals surface area contributed by atoms with Crippen molar-refractivity contribution in [3.05, 3.63) is 0 Å². The van der Waals surface area contributed by atoms with E-state index in [1.807, 2.05) is 6.92 Å². The molecule has 0 radical (unpaired) electrons. The molecule has 0 aliphatic heterocycles. The summed E-state index contributed by atoms with van der Waals surface area (Å²) in [4.78, 5) is 0. The van der Waals surface area contributed by atoms with E-state index in [4.69, 9.17) is 10.5 Å². The lowest BCUT2D eigenvalue weighted by Crippen LogP contribution is -2.43. The first-order valence-corrected chi connectivity index (χ1v) is 6.56. The third kappa shape index (κ3) is 3.76. The fourth-order valence-electron chi connectivity index (χ4n) is 2.81. The second-order valence-corrected chi connectivity index (χ2v) is 4.94. The summed E-state index contributed by atoms with van der Waals surface area (Å²) in [5, 5.41) is 0. The molecule has 4 unspecified atom stereocenters. The van der Waals surface area contributed by atoms with Gasteiger partial charge in [-0.3, -0.25) is 0 Å². The van der Waals surface area contributed by atoms with Crippen LogP contribution in [0, 0.1) is 11.8 Å². The lowest BCUT2D eigenvalue weighted by atomic mass is 9.76. The molecule has 0 spiro atoms. The molecule has 15 heavy (non-hydrogen) atoms. The Balaban J connectivity index is 2.40. The molecule has 2 nitrogen and oxygen atoms in total. The van der Waals surface area contributed by atoms with Gasteiger partial charge in [-0.15, -0.1) is 0 Å². The summed E-state index contributed by atoms with van der Waals surface area (Å²) in [6.07, 6.45) is 6.91. The predicted molar refractivity (Wildman–Crippen MR) is 64.8 cm³/mol. The maximum atomic E-state index is 6.27. The minimum atomic E-state index is 0.218. The summed E-state index contributed by atoms with van der Waals surface area (Å²) in [6, 6.07) is 0.235. The lowest BCUT2D eigenvalue weighted by Gasteiger charge is -2.35. The Bertz CT molecular complexity index is 172. The number of rotatable bonds is 5. The van der Waals surface area contributed by atoms with Gasteiger partial charge in [-0.1, -0.05) is 26.2 Å². The van der Waals surface area contributed by atoms with E-state index in [0.717, 1.165) is 12.5 Å². The average molecular weight is 213 g/mol. The molecule has 1 rings (SSSR count). The van der Waals surface area contributed by atoms with Gasteiger partial charge in [0.15, 0.2) is 0 Å². The largest absolute Gasteiger partial charge is 0.377 e. The fraction of sp³-hybridized carbons (Fsp3) is 1.00. The summed E-state index contributed by atoms with van der Waals surface area (Å²) in [6.45, 7) is 7.23. The summed E-state index contributed by atoms with van der Waals surface area (Å²) in [5.74, 6) is 1.59. The van der Waals surface area contributed by atoms with E-state index in [0.29, 0.717) is 5.92 Å². The molecule has 2 heteroatoms. The van der Waals surface area contributed by atoms with Gasteiger partial charge in [0.1, 0.15) is 0 Å². The van der Waals surface area contributed by atoms with E-state index in [-0.39, 0.29) is 12.1 Å². The van der Waals surface area contributed by atoms with Crippen LogP contribution >= 0.6 is 0 Å². The monoisotopic (exact) mass is 213 g/mol. The Morgan fingerprint density at radius 1 is 1.33 bits per heavy atom. The zero-order valence-electron chi connectivity index (χ0n) is 10.5. The number of ether oxygens (including phenoxy) is 1. The summed E-state index contributed by atoms with van der Waals surface area (Å²) >= 11 is 0. The first-order valence-electron chi connectivity index (χ1n) is 6.56. The first-order chi connectivity index (χ1) is 7.19. The molecule has 4 atom stereocenters. The number of hydrogen-bond donors (Lipinski definition) is 1. The fourth-order valence-corrected chi connectivity index (χ4v) is 2.81. The second-order valence-electron chi connectivity index (χ2n) is 4.94. The van der Waals surface area contributed by atoms with Crippen LogP contribution in [0.15, 0.2) is 0 Å². The zero-order valence-corrected chi connectivity index (χ0v) is 10.5. The second kappa shape index (κ2) is 6.49. The Morgan fingerprint density at radius 3 is 2.67 bits per heavy atom. The molecule has 90 valence electrons. The zero-order chi connectivity index (χ0) is 11.3. The van der Waals surface area contributed by atoms with Crippen LogP contribution in [0.1, 0.15) is 52.9 Å². The minimum Gasteiger partial charge on any atom is -0.377 e. The van der Waals surface area contributed by atoms with Crippen molar-refractivity contribution in [2.45, 2.75) is 65.0 Å². The molecule has 0 aromatic carbocycles. The van der Waals surface area contributed by atoms with Crippen LogP contribution in [0.4, 0.5) is 0 Å². The third-order valence-corrected chi connectivity index (χ3v) is 3.92.